The molecule has 0 unspecified atom stereocenters. The summed E-state index contributed by atoms with van der Waals surface area (Å²) in [5.41, 5.74) is 1.63. The largest absolute Gasteiger partial charge is 0.461 e. The highest BCUT2D eigenvalue weighted by molar-refractivity contribution is 9.10. The molecule has 0 radical (unpaired) electrons. The van der Waals surface area contributed by atoms with Crippen LogP contribution in [-0.4, -0.2) is 28.3 Å². The highest BCUT2D eigenvalue weighted by Gasteiger charge is 2.23. The molecule has 4 rings (SSSR count). The van der Waals surface area contributed by atoms with Crippen molar-refractivity contribution in [3.63, 3.8) is 0 Å². The van der Waals surface area contributed by atoms with Crippen molar-refractivity contribution in [2.75, 3.05) is 11.9 Å². The second-order valence-electron chi connectivity index (χ2n) is 7.85. The van der Waals surface area contributed by atoms with Crippen LogP contribution in [0.3, 0.4) is 0 Å². The van der Waals surface area contributed by atoms with E-state index >= 15 is 0 Å². The first-order valence-corrected chi connectivity index (χ1v) is 12.4. The van der Waals surface area contributed by atoms with E-state index < -0.39 is 11.5 Å². The van der Waals surface area contributed by atoms with Gasteiger partial charge < -0.3 is 10.1 Å². The van der Waals surface area contributed by atoms with Gasteiger partial charge in [-0.2, -0.15) is 9.78 Å². The fourth-order valence-corrected chi connectivity index (χ4v) is 4.80. The van der Waals surface area contributed by atoms with E-state index in [0.29, 0.717) is 27.6 Å². The molecule has 0 aliphatic heterocycles. The zero-order valence-electron chi connectivity index (χ0n) is 18.8. The van der Waals surface area contributed by atoms with Crippen LogP contribution >= 0.6 is 27.3 Å². The normalized spacial score (nSPS) is 11.1. The summed E-state index contributed by atoms with van der Waals surface area (Å²) in [6.45, 7) is 6.03. The monoisotopic (exact) mass is 539 g/mol. The van der Waals surface area contributed by atoms with Gasteiger partial charge in [-0.25, -0.2) is 4.79 Å². The zero-order valence-corrected chi connectivity index (χ0v) is 21.2. The van der Waals surface area contributed by atoms with Gasteiger partial charge in [0, 0.05) is 20.8 Å². The number of hydrogen-bond donors (Lipinski definition) is 1. The summed E-state index contributed by atoms with van der Waals surface area (Å²) < 4.78 is 7.13. The minimum atomic E-state index is -0.636. The van der Waals surface area contributed by atoms with E-state index in [1.807, 2.05) is 18.2 Å². The van der Waals surface area contributed by atoms with Crippen LogP contribution in [0.5, 0.6) is 0 Å². The number of halogens is 1. The molecule has 1 N–H and O–H groups in total. The number of esters is 1. The molecule has 2 aromatic carbocycles. The number of carbonyl (C=O) groups excluding carboxylic acids is 2. The Balaban J connectivity index is 1.86. The van der Waals surface area contributed by atoms with Crippen LogP contribution < -0.4 is 10.9 Å². The van der Waals surface area contributed by atoms with Gasteiger partial charge in [0.05, 0.1) is 17.7 Å². The van der Waals surface area contributed by atoms with Crippen molar-refractivity contribution >= 4 is 54.9 Å². The molecule has 174 valence electrons. The summed E-state index contributed by atoms with van der Waals surface area (Å²) in [6, 6.07) is 14.4. The van der Waals surface area contributed by atoms with E-state index in [4.69, 9.17) is 4.74 Å². The number of carbonyl (C=O) groups is 2. The van der Waals surface area contributed by atoms with Crippen molar-refractivity contribution in [3.8, 4) is 5.69 Å². The van der Waals surface area contributed by atoms with Gasteiger partial charge in [0.1, 0.15) is 5.00 Å². The van der Waals surface area contributed by atoms with Crippen LogP contribution in [0.25, 0.3) is 16.5 Å². The molecule has 0 saturated heterocycles. The summed E-state index contributed by atoms with van der Waals surface area (Å²) >= 11 is 4.52. The highest BCUT2D eigenvalue weighted by atomic mass is 79.9. The average molecular weight is 540 g/mol. The van der Waals surface area contributed by atoms with Crippen LogP contribution in [0, 0.1) is 0 Å². The van der Waals surface area contributed by atoms with Gasteiger partial charge in [-0.15, -0.1) is 11.3 Å². The highest BCUT2D eigenvalue weighted by Crippen LogP contribution is 2.31. The number of rotatable bonds is 6. The third-order valence-electron chi connectivity index (χ3n) is 5.24. The second kappa shape index (κ2) is 9.90. The Morgan fingerprint density at radius 2 is 1.91 bits per heavy atom. The van der Waals surface area contributed by atoms with Crippen LogP contribution in [0.4, 0.5) is 5.00 Å². The molecule has 4 aromatic rings. The fraction of sp³-hybridized carbons (Fsp3) is 0.200. The Kier molecular flexibility index (Phi) is 6.95. The first-order chi connectivity index (χ1) is 16.3. The summed E-state index contributed by atoms with van der Waals surface area (Å²) in [5.74, 6) is -0.678. The zero-order chi connectivity index (χ0) is 24.4. The van der Waals surface area contributed by atoms with Gasteiger partial charge in [0.25, 0.3) is 11.5 Å². The molecule has 0 saturated carbocycles. The van der Waals surface area contributed by atoms with Crippen molar-refractivity contribution in [2.24, 2.45) is 0 Å². The Morgan fingerprint density at radius 1 is 1.18 bits per heavy atom. The Labute approximate surface area is 208 Å². The molecule has 2 heterocycles. The topological polar surface area (TPSA) is 90.3 Å². The number of anilines is 1. The third-order valence-corrected chi connectivity index (χ3v) is 6.63. The average Bonchev–Trinajstić information content (AvgIpc) is 3.23. The molecule has 0 aliphatic rings. The predicted molar refractivity (Wildman–Crippen MR) is 137 cm³/mol. The fourth-order valence-electron chi connectivity index (χ4n) is 3.47. The quantitative estimate of drug-likeness (QED) is 0.314. The van der Waals surface area contributed by atoms with Crippen LogP contribution in [0.15, 0.2) is 63.2 Å². The van der Waals surface area contributed by atoms with Crippen LogP contribution in [-0.2, 0) is 4.74 Å². The number of thiophene rings is 1. The van der Waals surface area contributed by atoms with Gasteiger partial charge in [-0.05, 0) is 48.7 Å². The standard InChI is InChI=1S/C25H22BrN3O4S/c1-4-33-25(32)21-19-13-34-23(27-22(30)16-6-5-7-17(26)12-16)20(19)24(31)29(28-21)18-10-8-15(9-11-18)14(2)3/h5-14H,4H2,1-3H3,(H,27,30). The van der Waals surface area contributed by atoms with Gasteiger partial charge in [0.2, 0.25) is 0 Å². The second-order valence-corrected chi connectivity index (χ2v) is 9.65. The molecule has 7 nitrogen and oxygen atoms in total. The maximum absolute atomic E-state index is 13.5. The molecular weight excluding hydrogens is 518 g/mol. The summed E-state index contributed by atoms with van der Waals surface area (Å²) in [7, 11) is 0. The number of fused-ring (bicyclic) bond motifs is 1. The Hall–Kier alpha value is -3.30. The molecule has 0 atom stereocenters. The van der Waals surface area contributed by atoms with E-state index in [1.54, 1.807) is 42.6 Å². The van der Waals surface area contributed by atoms with E-state index in [9.17, 15) is 14.4 Å². The molecule has 1 amide bonds. The Morgan fingerprint density at radius 3 is 2.56 bits per heavy atom. The molecule has 34 heavy (non-hydrogen) atoms. The number of aromatic nitrogens is 2. The lowest BCUT2D eigenvalue weighted by Gasteiger charge is -2.11. The molecule has 0 aliphatic carbocycles. The lowest BCUT2D eigenvalue weighted by atomic mass is 10.0. The van der Waals surface area contributed by atoms with Crippen molar-refractivity contribution in [2.45, 2.75) is 26.7 Å². The molecule has 0 fully saturated rings. The molecule has 9 heteroatoms. The van der Waals surface area contributed by atoms with E-state index in [0.717, 1.165) is 21.4 Å². The van der Waals surface area contributed by atoms with Gasteiger partial charge in [-0.3, -0.25) is 9.59 Å². The number of benzene rings is 2. The Bertz CT molecular complexity index is 1440. The van der Waals surface area contributed by atoms with Gasteiger partial charge in [-0.1, -0.05) is 48.0 Å². The van der Waals surface area contributed by atoms with E-state index in [2.05, 4.69) is 40.2 Å². The molecular formula is C25H22BrN3O4S. The molecule has 2 aromatic heterocycles. The number of ether oxygens (including phenoxy) is 1. The number of nitrogens with zero attached hydrogens (tertiary/aromatic N) is 2. The third kappa shape index (κ3) is 4.67. The van der Waals surface area contributed by atoms with E-state index in [1.165, 1.54) is 4.68 Å². The van der Waals surface area contributed by atoms with Crippen molar-refractivity contribution in [3.05, 3.63) is 85.6 Å². The number of hydrogen-bond acceptors (Lipinski definition) is 6. The SMILES string of the molecule is CCOC(=O)c1nn(-c2ccc(C(C)C)cc2)c(=O)c2c(NC(=O)c3cccc(Br)c3)scc12. The predicted octanol–water partition coefficient (Wildman–Crippen LogP) is 5.76. The summed E-state index contributed by atoms with van der Waals surface area (Å²) in [5, 5.41) is 9.68. The van der Waals surface area contributed by atoms with Crippen molar-refractivity contribution in [1.29, 1.82) is 0 Å². The first kappa shape index (κ1) is 23.8. The molecule has 0 bridgehead atoms. The minimum absolute atomic E-state index is 0.0172. The van der Waals surface area contributed by atoms with Crippen LogP contribution in [0.1, 0.15) is 53.1 Å². The summed E-state index contributed by atoms with van der Waals surface area (Å²) in [4.78, 5) is 39.1. The number of amides is 1. The summed E-state index contributed by atoms with van der Waals surface area (Å²) in [6.07, 6.45) is 0. The maximum atomic E-state index is 13.5. The van der Waals surface area contributed by atoms with Crippen molar-refractivity contribution < 1.29 is 14.3 Å². The lowest BCUT2D eigenvalue weighted by Crippen LogP contribution is -2.25. The van der Waals surface area contributed by atoms with Gasteiger partial charge >= 0.3 is 5.97 Å². The van der Waals surface area contributed by atoms with Crippen molar-refractivity contribution in [1.82, 2.24) is 9.78 Å². The molecule has 0 spiro atoms. The maximum Gasteiger partial charge on any atom is 0.359 e. The van der Waals surface area contributed by atoms with Gasteiger partial charge in [0.15, 0.2) is 5.69 Å². The van der Waals surface area contributed by atoms with E-state index in [-0.39, 0.29) is 23.6 Å². The van der Waals surface area contributed by atoms with Crippen LogP contribution in [0.2, 0.25) is 0 Å². The smallest absolute Gasteiger partial charge is 0.359 e. The minimum Gasteiger partial charge on any atom is -0.461 e. The lowest BCUT2D eigenvalue weighted by molar-refractivity contribution is 0.0520. The number of nitrogens with one attached hydrogen (secondary N) is 1. The first-order valence-electron chi connectivity index (χ1n) is 10.7.